The van der Waals surface area contributed by atoms with Gasteiger partial charge in [0.1, 0.15) is 0 Å². The van der Waals surface area contributed by atoms with Crippen LogP contribution in [-0.2, 0) is 0 Å². The third-order valence-electron chi connectivity index (χ3n) is 0.718. The maximum absolute atomic E-state index is 4.50. The van der Waals surface area contributed by atoms with Crippen molar-refractivity contribution in [1.29, 1.82) is 0 Å². The highest BCUT2D eigenvalue weighted by Crippen LogP contribution is 1.77. The zero-order chi connectivity index (χ0) is 8.24. The van der Waals surface area contributed by atoms with Crippen molar-refractivity contribution in [1.82, 2.24) is 0 Å². The SMILES string of the molecule is CN.C\C=C/C=C\C=C\C. The van der Waals surface area contributed by atoms with Crippen molar-refractivity contribution in [2.45, 2.75) is 13.8 Å². The second-order valence-electron chi connectivity index (χ2n) is 1.44. The molecule has 0 aliphatic carbocycles. The summed E-state index contributed by atoms with van der Waals surface area (Å²) in [6, 6.07) is 0. The normalized spacial score (nSPS) is 10.8. The zero-order valence-corrected chi connectivity index (χ0v) is 7.04. The number of rotatable bonds is 2. The van der Waals surface area contributed by atoms with E-state index in [1.807, 2.05) is 50.3 Å². The average Bonchev–Trinajstić information content (AvgIpc) is 2.02. The maximum atomic E-state index is 4.50. The third-order valence-corrected chi connectivity index (χ3v) is 0.718. The first kappa shape index (κ1) is 11.9. The van der Waals surface area contributed by atoms with E-state index in [4.69, 9.17) is 0 Å². The monoisotopic (exact) mass is 139 g/mol. The summed E-state index contributed by atoms with van der Waals surface area (Å²) in [6.07, 6.45) is 12.0. The summed E-state index contributed by atoms with van der Waals surface area (Å²) in [5.74, 6) is 0. The van der Waals surface area contributed by atoms with E-state index in [1.54, 1.807) is 0 Å². The summed E-state index contributed by atoms with van der Waals surface area (Å²) in [6.45, 7) is 4.00. The number of allylic oxidation sites excluding steroid dienone is 6. The molecule has 0 rings (SSSR count). The van der Waals surface area contributed by atoms with Crippen molar-refractivity contribution in [2.24, 2.45) is 5.73 Å². The predicted molar refractivity (Wildman–Crippen MR) is 48.9 cm³/mol. The molecule has 0 aliphatic rings. The molecule has 0 amide bonds. The number of nitrogens with two attached hydrogens (primary N) is 1. The van der Waals surface area contributed by atoms with E-state index in [2.05, 4.69) is 5.73 Å². The minimum absolute atomic E-state index is 1.50. The predicted octanol–water partition coefficient (Wildman–Crippen LogP) is 2.27. The summed E-state index contributed by atoms with van der Waals surface area (Å²) >= 11 is 0. The van der Waals surface area contributed by atoms with Crippen LogP contribution in [0.25, 0.3) is 0 Å². The van der Waals surface area contributed by atoms with Crippen molar-refractivity contribution < 1.29 is 0 Å². The Morgan fingerprint density at radius 1 is 0.700 bits per heavy atom. The van der Waals surface area contributed by atoms with Crippen LogP contribution >= 0.6 is 0 Å². The second-order valence-corrected chi connectivity index (χ2v) is 1.44. The van der Waals surface area contributed by atoms with Gasteiger partial charge in [0.2, 0.25) is 0 Å². The highest BCUT2D eigenvalue weighted by molar-refractivity contribution is 5.09. The highest BCUT2D eigenvalue weighted by Gasteiger charge is 1.55. The molecule has 0 unspecified atom stereocenters. The van der Waals surface area contributed by atoms with Crippen LogP contribution in [0.4, 0.5) is 0 Å². The Morgan fingerprint density at radius 3 is 1.20 bits per heavy atom. The Morgan fingerprint density at radius 2 is 1.00 bits per heavy atom. The van der Waals surface area contributed by atoms with Crippen LogP contribution in [0.3, 0.4) is 0 Å². The molecule has 1 nitrogen and oxygen atoms in total. The Kier molecular flexibility index (Phi) is 18.7. The van der Waals surface area contributed by atoms with Crippen molar-refractivity contribution in [3.05, 3.63) is 36.5 Å². The Balaban J connectivity index is 0. The lowest BCUT2D eigenvalue weighted by molar-refractivity contribution is 1.48. The van der Waals surface area contributed by atoms with Crippen LogP contribution in [-0.4, -0.2) is 7.05 Å². The molecule has 0 fully saturated rings. The summed E-state index contributed by atoms with van der Waals surface area (Å²) in [4.78, 5) is 0. The average molecular weight is 139 g/mol. The summed E-state index contributed by atoms with van der Waals surface area (Å²) in [7, 11) is 1.50. The molecule has 0 heterocycles. The van der Waals surface area contributed by atoms with E-state index >= 15 is 0 Å². The van der Waals surface area contributed by atoms with Crippen molar-refractivity contribution in [3.63, 3.8) is 0 Å². The summed E-state index contributed by atoms with van der Waals surface area (Å²) < 4.78 is 0. The lowest BCUT2D eigenvalue weighted by Crippen LogP contribution is -1.69. The molecule has 10 heavy (non-hydrogen) atoms. The van der Waals surface area contributed by atoms with Gasteiger partial charge in [-0.25, -0.2) is 0 Å². The molecule has 0 spiro atoms. The van der Waals surface area contributed by atoms with E-state index in [0.29, 0.717) is 0 Å². The van der Waals surface area contributed by atoms with Crippen molar-refractivity contribution in [2.75, 3.05) is 7.05 Å². The fourth-order valence-electron chi connectivity index (χ4n) is 0.351. The minimum Gasteiger partial charge on any atom is -0.333 e. The van der Waals surface area contributed by atoms with E-state index in [-0.39, 0.29) is 0 Å². The molecule has 0 bridgehead atoms. The number of hydrogen-bond acceptors (Lipinski definition) is 1. The summed E-state index contributed by atoms with van der Waals surface area (Å²) in [5.41, 5.74) is 4.50. The maximum Gasteiger partial charge on any atom is -0.0195 e. The second kappa shape index (κ2) is 15.7. The van der Waals surface area contributed by atoms with Gasteiger partial charge in [-0.1, -0.05) is 36.5 Å². The molecule has 0 saturated carbocycles. The quantitative estimate of drug-likeness (QED) is 0.583. The van der Waals surface area contributed by atoms with E-state index in [0.717, 1.165) is 0 Å². The molecule has 0 aliphatic heterocycles. The van der Waals surface area contributed by atoms with Crippen LogP contribution in [0.1, 0.15) is 13.8 Å². The molecule has 0 aromatic heterocycles. The van der Waals surface area contributed by atoms with Gasteiger partial charge in [-0.05, 0) is 20.9 Å². The van der Waals surface area contributed by atoms with Crippen LogP contribution in [0.2, 0.25) is 0 Å². The van der Waals surface area contributed by atoms with Crippen LogP contribution in [0.15, 0.2) is 36.5 Å². The lowest BCUT2D eigenvalue weighted by Gasteiger charge is -1.68. The molecule has 0 aromatic rings. The fraction of sp³-hybridized carbons (Fsp3) is 0.333. The topological polar surface area (TPSA) is 26.0 Å². The Bertz CT molecular complexity index is 95.9. The van der Waals surface area contributed by atoms with Crippen LogP contribution in [0, 0.1) is 0 Å². The highest BCUT2D eigenvalue weighted by atomic mass is 14.4. The first-order valence-electron chi connectivity index (χ1n) is 3.40. The molecule has 0 saturated heterocycles. The van der Waals surface area contributed by atoms with Gasteiger partial charge in [0.15, 0.2) is 0 Å². The largest absolute Gasteiger partial charge is 0.333 e. The molecule has 2 N–H and O–H groups in total. The van der Waals surface area contributed by atoms with Crippen LogP contribution in [0.5, 0.6) is 0 Å². The number of hydrogen-bond donors (Lipinski definition) is 1. The fourth-order valence-corrected chi connectivity index (χ4v) is 0.351. The molecule has 0 atom stereocenters. The van der Waals surface area contributed by atoms with Crippen molar-refractivity contribution in [3.8, 4) is 0 Å². The van der Waals surface area contributed by atoms with Crippen LogP contribution < -0.4 is 5.73 Å². The van der Waals surface area contributed by atoms with Gasteiger partial charge >= 0.3 is 0 Å². The van der Waals surface area contributed by atoms with E-state index in [9.17, 15) is 0 Å². The van der Waals surface area contributed by atoms with E-state index < -0.39 is 0 Å². The van der Waals surface area contributed by atoms with E-state index in [1.165, 1.54) is 7.05 Å². The van der Waals surface area contributed by atoms with Crippen molar-refractivity contribution >= 4 is 0 Å². The standard InChI is InChI=1S/C8H12.CH5N/c1-3-5-7-8-6-4-2;1-2/h3-8H,1-2H3;2H2,1H3/b5-3-,6-4+,8-7-;. The van der Waals surface area contributed by atoms with Gasteiger partial charge < -0.3 is 5.73 Å². The molecular weight excluding hydrogens is 122 g/mol. The van der Waals surface area contributed by atoms with Gasteiger partial charge in [-0.3, -0.25) is 0 Å². The third kappa shape index (κ3) is 15.7. The molecule has 0 radical (unpaired) electrons. The van der Waals surface area contributed by atoms with Gasteiger partial charge in [-0.15, -0.1) is 0 Å². The molecule has 1 heteroatoms. The smallest absolute Gasteiger partial charge is 0.0195 e. The zero-order valence-electron chi connectivity index (χ0n) is 7.04. The molecular formula is C9H17N. The Labute approximate surface area is 63.9 Å². The first-order valence-corrected chi connectivity index (χ1v) is 3.40. The first-order chi connectivity index (χ1) is 4.91. The van der Waals surface area contributed by atoms with Gasteiger partial charge in [0.25, 0.3) is 0 Å². The van der Waals surface area contributed by atoms with Gasteiger partial charge in [0.05, 0.1) is 0 Å². The molecule has 58 valence electrons. The molecule has 0 aromatic carbocycles. The van der Waals surface area contributed by atoms with Gasteiger partial charge in [0, 0.05) is 0 Å². The lowest BCUT2D eigenvalue weighted by atomic mass is 10.4. The minimum atomic E-state index is 1.50. The van der Waals surface area contributed by atoms with Gasteiger partial charge in [-0.2, -0.15) is 0 Å². The Hall–Kier alpha value is -0.820. The summed E-state index contributed by atoms with van der Waals surface area (Å²) in [5, 5.41) is 0.